The first-order valence-electron chi connectivity index (χ1n) is 5.78. The van der Waals surface area contributed by atoms with Crippen molar-refractivity contribution in [3.63, 3.8) is 0 Å². The topological polar surface area (TPSA) is 21.3 Å². The summed E-state index contributed by atoms with van der Waals surface area (Å²) in [4.78, 5) is 0. The maximum Gasteiger partial charge on any atom is 0.0472 e. The number of nitrogens with one attached hydrogen (secondary N) is 1. The molecule has 0 amide bonds. The van der Waals surface area contributed by atoms with Crippen LogP contribution < -0.4 is 5.32 Å². The molecule has 0 unspecified atom stereocenters. The lowest BCUT2D eigenvalue weighted by Gasteiger charge is -2.41. The van der Waals surface area contributed by atoms with Gasteiger partial charge in [0.15, 0.2) is 0 Å². The number of rotatable bonds is 0. The Hall–Kier alpha value is -1.02. The van der Waals surface area contributed by atoms with Gasteiger partial charge in [0.25, 0.3) is 0 Å². The summed E-state index contributed by atoms with van der Waals surface area (Å²) in [6, 6.07) is 8.67. The molecular formula is C13H17NO. The monoisotopic (exact) mass is 203 g/mol. The smallest absolute Gasteiger partial charge is 0.0472 e. The Bertz CT molecular complexity index is 355. The van der Waals surface area contributed by atoms with Gasteiger partial charge < -0.3 is 10.1 Å². The molecule has 0 saturated carbocycles. The molecule has 2 aliphatic heterocycles. The van der Waals surface area contributed by atoms with Crippen molar-refractivity contribution in [2.45, 2.75) is 19.3 Å². The van der Waals surface area contributed by atoms with E-state index in [1.807, 2.05) is 0 Å². The van der Waals surface area contributed by atoms with Crippen LogP contribution in [0.5, 0.6) is 0 Å². The van der Waals surface area contributed by atoms with Crippen molar-refractivity contribution < 1.29 is 4.74 Å². The molecule has 2 nitrogen and oxygen atoms in total. The van der Waals surface area contributed by atoms with E-state index in [0.29, 0.717) is 5.41 Å². The van der Waals surface area contributed by atoms with E-state index in [1.165, 1.54) is 30.5 Å². The summed E-state index contributed by atoms with van der Waals surface area (Å²) in [6.07, 6.45) is 3.63. The highest BCUT2D eigenvalue weighted by atomic mass is 16.5. The minimum atomic E-state index is 0.465. The molecule has 15 heavy (non-hydrogen) atoms. The number of fused-ring (bicyclic) bond motifs is 1. The minimum absolute atomic E-state index is 0.465. The summed E-state index contributed by atoms with van der Waals surface area (Å²) in [6.45, 7) is 2.99. The molecule has 1 N–H and O–H groups in total. The fraction of sp³-hybridized carbons (Fsp3) is 0.538. The Morgan fingerprint density at radius 3 is 2.80 bits per heavy atom. The third-order valence-corrected chi connectivity index (χ3v) is 3.79. The van der Waals surface area contributed by atoms with Crippen molar-refractivity contribution >= 4 is 5.69 Å². The van der Waals surface area contributed by atoms with Gasteiger partial charge in [0.1, 0.15) is 0 Å². The lowest BCUT2D eigenvalue weighted by Crippen LogP contribution is -2.40. The molecule has 80 valence electrons. The van der Waals surface area contributed by atoms with E-state index < -0.39 is 0 Å². The Kier molecular flexibility index (Phi) is 2.17. The van der Waals surface area contributed by atoms with Crippen LogP contribution in [0.25, 0.3) is 0 Å². The van der Waals surface area contributed by atoms with E-state index in [0.717, 1.165) is 19.8 Å². The predicted molar refractivity (Wildman–Crippen MR) is 61.1 cm³/mol. The number of ether oxygens (including phenoxy) is 1. The predicted octanol–water partition coefficient (Wildman–Crippen LogP) is 2.45. The lowest BCUT2D eigenvalue weighted by atomic mass is 9.73. The zero-order chi connectivity index (χ0) is 10.1. The van der Waals surface area contributed by atoms with Gasteiger partial charge in [-0.2, -0.15) is 0 Å². The normalized spacial score (nSPS) is 23.2. The van der Waals surface area contributed by atoms with Gasteiger partial charge in [0, 0.05) is 25.4 Å². The molecule has 2 aliphatic rings. The van der Waals surface area contributed by atoms with Gasteiger partial charge in [0.2, 0.25) is 0 Å². The van der Waals surface area contributed by atoms with Gasteiger partial charge in [-0.25, -0.2) is 0 Å². The highest BCUT2D eigenvalue weighted by Gasteiger charge is 2.35. The lowest BCUT2D eigenvalue weighted by molar-refractivity contribution is 0.0198. The summed E-state index contributed by atoms with van der Waals surface area (Å²) >= 11 is 0. The van der Waals surface area contributed by atoms with Gasteiger partial charge in [-0.3, -0.25) is 0 Å². The minimum Gasteiger partial charge on any atom is -0.384 e. The van der Waals surface area contributed by atoms with Crippen LogP contribution in [-0.4, -0.2) is 19.8 Å². The van der Waals surface area contributed by atoms with E-state index in [-0.39, 0.29) is 0 Å². The van der Waals surface area contributed by atoms with E-state index in [9.17, 15) is 0 Å². The molecule has 1 aromatic carbocycles. The van der Waals surface area contributed by atoms with Crippen LogP contribution in [-0.2, 0) is 11.2 Å². The summed E-state index contributed by atoms with van der Waals surface area (Å²) in [5, 5.41) is 3.57. The Morgan fingerprint density at radius 2 is 1.93 bits per heavy atom. The van der Waals surface area contributed by atoms with E-state index in [4.69, 9.17) is 4.74 Å². The molecule has 0 aliphatic carbocycles. The molecule has 1 spiro atoms. The van der Waals surface area contributed by atoms with E-state index in [1.54, 1.807) is 0 Å². The molecule has 0 atom stereocenters. The summed E-state index contributed by atoms with van der Waals surface area (Å²) in [5.41, 5.74) is 3.27. The van der Waals surface area contributed by atoms with Crippen molar-refractivity contribution in [2.75, 3.05) is 25.1 Å². The second kappa shape index (κ2) is 3.53. The highest BCUT2D eigenvalue weighted by Crippen LogP contribution is 2.39. The van der Waals surface area contributed by atoms with Crippen molar-refractivity contribution in [2.24, 2.45) is 5.41 Å². The molecule has 0 bridgehead atoms. The van der Waals surface area contributed by atoms with Crippen molar-refractivity contribution in [3.05, 3.63) is 29.8 Å². The highest BCUT2D eigenvalue weighted by molar-refractivity contribution is 5.53. The van der Waals surface area contributed by atoms with Crippen LogP contribution in [0.1, 0.15) is 18.4 Å². The Balaban J connectivity index is 1.87. The van der Waals surface area contributed by atoms with Gasteiger partial charge in [-0.05, 0) is 36.3 Å². The van der Waals surface area contributed by atoms with Gasteiger partial charge in [-0.1, -0.05) is 18.2 Å². The molecule has 0 radical (unpaired) electrons. The van der Waals surface area contributed by atoms with Crippen LogP contribution >= 0.6 is 0 Å². The van der Waals surface area contributed by atoms with Gasteiger partial charge in [0.05, 0.1) is 0 Å². The molecule has 1 fully saturated rings. The maximum absolute atomic E-state index is 5.46. The number of para-hydroxylation sites is 1. The van der Waals surface area contributed by atoms with Crippen molar-refractivity contribution in [3.8, 4) is 0 Å². The van der Waals surface area contributed by atoms with Crippen molar-refractivity contribution in [1.82, 2.24) is 0 Å². The van der Waals surface area contributed by atoms with E-state index >= 15 is 0 Å². The zero-order valence-electron chi connectivity index (χ0n) is 8.96. The average Bonchev–Trinajstić information content (AvgIpc) is 2.30. The first-order chi connectivity index (χ1) is 7.38. The standard InChI is InChI=1S/C13H17NO/c1-2-4-12-11(3-1)9-13(10-14-12)5-7-15-8-6-13/h1-4,14H,5-10H2. The summed E-state index contributed by atoms with van der Waals surface area (Å²) < 4.78 is 5.46. The first-order valence-corrected chi connectivity index (χ1v) is 5.78. The number of hydrogen-bond donors (Lipinski definition) is 1. The van der Waals surface area contributed by atoms with Crippen LogP contribution in [0.4, 0.5) is 5.69 Å². The molecular weight excluding hydrogens is 186 g/mol. The number of anilines is 1. The summed E-state index contributed by atoms with van der Waals surface area (Å²) in [5.74, 6) is 0. The second-order valence-electron chi connectivity index (χ2n) is 4.80. The van der Waals surface area contributed by atoms with Crippen LogP contribution in [0.2, 0.25) is 0 Å². The number of hydrogen-bond acceptors (Lipinski definition) is 2. The molecule has 2 heterocycles. The first kappa shape index (κ1) is 9.22. The zero-order valence-corrected chi connectivity index (χ0v) is 8.96. The second-order valence-corrected chi connectivity index (χ2v) is 4.80. The fourth-order valence-corrected chi connectivity index (χ4v) is 2.75. The van der Waals surface area contributed by atoms with Gasteiger partial charge in [-0.15, -0.1) is 0 Å². The Labute approximate surface area is 90.6 Å². The quantitative estimate of drug-likeness (QED) is 0.699. The maximum atomic E-state index is 5.46. The third-order valence-electron chi connectivity index (χ3n) is 3.79. The Morgan fingerprint density at radius 1 is 1.13 bits per heavy atom. The fourth-order valence-electron chi connectivity index (χ4n) is 2.75. The average molecular weight is 203 g/mol. The molecule has 1 saturated heterocycles. The molecule has 2 heteroatoms. The van der Waals surface area contributed by atoms with Crippen LogP contribution in [0.3, 0.4) is 0 Å². The van der Waals surface area contributed by atoms with E-state index in [2.05, 4.69) is 29.6 Å². The largest absolute Gasteiger partial charge is 0.384 e. The summed E-state index contributed by atoms with van der Waals surface area (Å²) in [7, 11) is 0. The van der Waals surface area contributed by atoms with Crippen molar-refractivity contribution in [1.29, 1.82) is 0 Å². The van der Waals surface area contributed by atoms with Crippen LogP contribution in [0.15, 0.2) is 24.3 Å². The molecule has 3 rings (SSSR count). The van der Waals surface area contributed by atoms with Crippen LogP contribution in [0, 0.1) is 5.41 Å². The SMILES string of the molecule is c1ccc2c(c1)CC1(CCOCC1)CN2. The van der Waals surface area contributed by atoms with Gasteiger partial charge >= 0.3 is 0 Å². The molecule has 0 aromatic heterocycles. The number of benzene rings is 1. The molecule has 1 aromatic rings. The third kappa shape index (κ3) is 1.63.